The number of rotatable bonds is 3. The molecule has 0 bridgehead atoms. The van der Waals surface area contributed by atoms with E-state index in [1.54, 1.807) is 29.2 Å². The summed E-state index contributed by atoms with van der Waals surface area (Å²) >= 11 is 0. The number of hydrogen-bond acceptors (Lipinski definition) is 3. The van der Waals surface area contributed by atoms with Crippen LogP contribution in [0.5, 0.6) is 0 Å². The maximum Gasteiger partial charge on any atom is 0.254 e. The van der Waals surface area contributed by atoms with E-state index >= 15 is 0 Å². The molecule has 0 aliphatic carbocycles. The van der Waals surface area contributed by atoms with Crippen molar-refractivity contribution in [3.8, 4) is 0 Å². The monoisotopic (exact) mass is 358 g/mol. The molecule has 1 aliphatic heterocycles. The molecule has 1 aliphatic rings. The van der Waals surface area contributed by atoms with Gasteiger partial charge in [-0.15, -0.1) is 0 Å². The van der Waals surface area contributed by atoms with Crippen molar-refractivity contribution in [1.29, 1.82) is 0 Å². The van der Waals surface area contributed by atoms with Crippen molar-refractivity contribution >= 4 is 15.9 Å². The molecule has 0 atom stereocenters. The van der Waals surface area contributed by atoms with Gasteiger partial charge in [0.05, 0.1) is 11.6 Å². The summed E-state index contributed by atoms with van der Waals surface area (Å²) in [7, 11) is -3.63. The van der Waals surface area contributed by atoms with Crippen molar-refractivity contribution in [2.75, 3.05) is 19.8 Å². The molecule has 6 heteroatoms. The SMILES string of the molecule is Cc1cc(C)c(S(=O)(=O)N2CCN(C(=O)c3ccccc3)C2)c(C)c1. The first-order valence-corrected chi connectivity index (χ1v) is 9.67. The average molecular weight is 358 g/mol. The molecule has 3 rings (SSSR count). The first kappa shape index (κ1) is 17.6. The number of benzene rings is 2. The molecule has 0 N–H and O–H groups in total. The molecule has 1 heterocycles. The van der Waals surface area contributed by atoms with Gasteiger partial charge in [0.1, 0.15) is 0 Å². The summed E-state index contributed by atoms with van der Waals surface area (Å²) in [6.45, 7) is 6.38. The average Bonchev–Trinajstić information content (AvgIpc) is 3.04. The van der Waals surface area contributed by atoms with Gasteiger partial charge in [-0.1, -0.05) is 35.9 Å². The fraction of sp³-hybridized carbons (Fsp3) is 0.316. The Bertz CT molecular complexity index is 885. The smallest absolute Gasteiger partial charge is 0.254 e. The molecule has 0 spiro atoms. The number of sulfonamides is 1. The third-order valence-electron chi connectivity index (χ3n) is 4.46. The Morgan fingerprint density at radius 1 is 0.960 bits per heavy atom. The lowest BCUT2D eigenvalue weighted by atomic mass is 10.1. The number of aryl methyl sites for hydroxylation is 3. The summed E-state index contributed by atoms with van der Waals surface area (Å²) in [5.41, 5.74) is 3.09. The topological polar surface area (TPSA) is 57.7 Å². The zero-order chi connectivity index (χ0) is 18.2. The van der Waals surface area contributed by atoms with E-state index in [0.717, 1.165) is 16.7 Å². The molecule has 0 unspecified atom stereocenters. The summed E-state index contributed by atoms with van der Waals surface area (Å²) in [4.78, 5) is 14.5. The molecule has 0 radical (unpaired) electrons. The van der Waals surface area contributed by atoms with Gasteiger partial charge in [-0.25, -0.2) is 8.42 Å². The van der Waals surface area contributed by atoms with Gasteiger partial charge in [-0.05, 0) is 44.0 Å². The van der Waals surface area contributed by atoms with E-state index in [0.29, 0.717) is 23.5 Å². The zero-order valence-corrected chi connectivity index (χ0v) is 15.5. The van der Waals surface area contributed by atoms with E-state index in [1.165, 1.54) is 4.31 Å². The van der Waals surface area contributed by atoms with Gasteiger partial charge in [0.25, 0.3) is 5.91 Å². The lowest BCUT2D eigenvalue weighted by Gasteiger charge is -2.21. The van der Waals surface area contributed by atoms with Gasteiger partial charge < -0.3 is 4.90 Å². The van der Waals surface area contributed by atoms with Crippen LogP contribution in [0.15, 0.2) is 47.4 Å². The molecule has 0 aromatic heterocycles. The van der Waals surface area contributed by atoms with Gasteiger partial charge in [0.2, 0.25) is 10.0 Å². The van der Waals surface area contributed by atoms with E-state index in [1.807, 2.05) is 39.0 Å². The Morgan fingerprint density at radius 2 is 1.56 bits per heavy atom. The predicted molar refractivity (Wildman–Crippen MR) is 96.9 cm³/mol. The number of nitrogens with zero attached hydrogens (tertiary/aromatic N) is 2. The first-order chi connectivity index (χ1) is 11.8. The normalized spacial score (nSPS) is 15.6. The minimum atomic E-state index is -3.63. The van der Waals surface area contributed by atoms with E-state index in [2.05, 4.69) is 0 Å². The standard InChI is InChI=1S/C19H22N2O3S/c1-14-11-15(2)18(16(3)12-14)25(23,24)21-10-9-20(13-21)19(22)17-7-5-4-6-8-17/h4-8,11-12H,9-10,13H2,1-3H3. The van der Waals surface area contributed by atoms with Crippen molar-refractivity contribution in [3.05, 3.63) is 64.7 Å². The summed E-state index contributed by atoms with van der Waals surface area (Å²) < 4.78 is 27.5. The molecular weight excluding hydrogens is 336 g/mol. The summed E-state index contributed by atoms with van der Waals surface area (Å²) in [5.74, 6) is -0.143. The predicted octanol–water partition coefficient (Wildman–Crippen LogP) is 2.72. The molecule has 2 aromatic carbocycles. The van der Waals surface area contributed by atoms with Crippen LogP contribution >= 0.6 is 0 Å². The van der Waals surface area contributed by atoms with Crippen LogP contribution in [0, 0.1) is 20.8 Å². The number of carbonyl (C=O) groups is 1. The third kappa shape index (κ3) is 3.32. The van der Waals surface area contributed by atoms with E-state index < -0.39 is 10.0 Å². The molecule has 1 fully saturated rings. The number of amides is 1. The quantitative estimate of drug-likeness (QED) is 0.848. The molecule has 132 valence electrons. The Balaban J connectivity index is 1.85. The summed E-state index contributed by atoms with van der Waals surface area (Å²) in [5, 5.41) is 0. The largest absolute Gasteiger partial charge is 0.323 e. The Kier molecular flexibility index (Phi) is 4.67. The lowest BCUT2D eigenvalue weighted by Crippen LogP contribution is -2.34. The van der Waals surface area contributed by atoms with E-state index in [9.17, 15) is 13.2 Å². The highest BCUT2D eigenvalue weighted by Gasteiger charge is 2.35. The second-order valence-electron chi connectivity index (χ2n) is 6.48. The molecule has 0 saturated carbocycles. The number of hydrogen-bond donors (Lipinski definition) is 0. The van der Waals surface area contributed by atoms with E-state index in [4.69, 9.17) is 0 Å². The Labute approximate surface area is 148 Å². The van der Waals surface area contributed by atoms with Crippen LogP contribution in [0.3, 0.4) is 0 Å². The maximum absolute atomic E-state index is 13.1. The molecule has 1 saturated heterocycles. The minimum Gasteiger partial charge on any atom is -0.323 e. The Hall–Kier alpha value is -2.18. The van der Waals surface area contributed by atoms with Crippen LogP contribution in [0.2, 0.25) is 0 Å². The van der Waals surface area contributed by atoms with Crippen LogP contribution in [-0.4, -0.2) is 43.3 Å². The molecular formula is C19H22N2O3S. The molecule has 5 nitrogen and oxygen atoms in total. The summed E-state index contributed by atoms with van der Waals surface area (Å²) in [6.07, 6.45) is 0. The van der Waals surface area contributed by atoms with Gasteiger partial charge in [-0.3, -0.25) is 4.79 Å². The first-order valence-electron chi connectivity index (χ1n) is 8.23. The van der Waals surface area contributed by atoms with E-state index in [-0.39, 0.29) is 12.6 Å². The van der Waals surface area contributed by atoms with Crippen LogP contribution in [0.25, 0.3) is 0 Å². The second kappa shape index (κ2) is 6.61. The van der Waals surface area contributed by atoms with Crippen LogP contribution in [-0.2, 0) is 10.0 Å². The lowest BCUT2D eigenvalue weighted by molar-refractivity contribution is 0.0781. The van der Waals surface area contributed by atoms with Gasteiger partial charge in [0.15, 0.2) is 0 Å². The van der Waals surface area contributed by atoms with Gasteiger partial charge in [-0.2, -0.15) is 4.31 Å². The molecule has 1 amide bonds. The highest BCUT2D eigenvalue weighted by molar-refractivity contribution is 7.89. The Morgan fingerprint density at radius 3 is 2.16 bits per heavy atom. The summed E-state index contributed by atoms with van der Waals surface area (Å²) in [6, 6.07) is 12.7. The number of carbonyl (C=O) groups excluding carboxylic acids is 1. The van der Waals surface area contributed by atoms with Crippen molar-refractivity contribution in [3.63, 3.8) is 0 Å². The fourth-order valence-corrected chi connectivity index (χ4v) is 5.20. The van der Waals surface area contributed by atoms with Gasteiger partial charge >= 0.3 is 0 Å². The highest BCUT2D eigenvalue weighted by Crippen LogP contribution is 2.27. The fourth-order valence-electron chi connectivity index (χ4n) is 3.39. The van der Waals surface area contributed by atoms with Gasteiger partial charge in [0, 0.05) is 18.7 Å². The van der Waals surface area contributed by atoms with Crippen LogP contribution < -0.4 is 0 Å². The van der Waals surface area contributed by atoms with Crippen molar-refractivity contribution in [2.24, 2.45) is 0 Å². The van der Waals surface area contributed by atoms with Crippen molar-refractivity contribution in [1.82, 2.24) is 9.21 Å². The highest BCUT2D eigenvalue weighted by atomic mass is 32.2. The van der Waals surface area contributed by atoms with Crippen LogP contribution in [0.4, 0.5) is 0 Å². The van der Waals surface area contributed by atoms with Crippen LogP contribution in [0.1, 0.15) is 27.0 Å². The molecule has 25 heavy (non-hydrogen) atoms. The van der Waals surface area contributed by atoms with Crippen molar-refractivity contribution in [2.45, 2.75) is 25.7 Å². The second-order valence-corrected chi connectivity index (χ2v) is 8.36. The maximum atomic E-state index is 13.1. The zero-order valence-electron chi connectivity index (χ0n) is 14.7. The van der Waals surface area contributed by atoms with Crippen molar-refractivity contribution < 1.29 is 13.2 Å². The third-order valence-corrected chi connectivity index (χ3v) is 6.60. The minimum absolute atomic E-state index is 0.0861. The molecule has 2 aromatic rings.